The summed E-state index contributed by atoms with van der Waals surface area (Å²) in [4.78, 5) is 45.3. The summed E-state index contributed by atoms with van der Waals surface area (Å²) < 4.78 is 42.2. The summed E-state index contributed by atoms with van der Waals surface area (Å²) in [5.41, 5.74) is 6.46. The number of aromatic amines is 1. The number of nitrogens with zero attached hydrogens (tertiary/aromatic N) is 6. The first kappa shape index (κ1) is 43.8. The normalized spacial score (nSPS) is 20.3. The molecule has 17 heteroatoms. The highest BCUT2D eigenvalue weighted by molar-refractivity contribution is 7.90. The van der Waals surface area contributed by atoms with E-state index in [1.165, 1.54) is 36.8 Å². The highest BCUT2D eigenvalue weighted by Crippen LogP contribution is 2.54. The van der Waals surface area contributed by atoms with E-state index in [-0.39, 0.29) is 36.4 Å². The Morgan fingerprint density at radius 3 is 2.51 bits per heavy atom. The number of likely N-dealkylation sites (tertiary alicyclic amines) is 1. The Morgan fingerprint density at radius 2 is 1.72 bits per heavy atom. The number of hydrogen-bond donors (Lipinski definition) is 3. The van der Waals surface area contributed by atoms with Gasteiger partial charge < -0.3 is 29.6 Å². The largest absolute Gasteiger partial charge is 0.474 e. The van der Waals surface area contributed by atoms with Gasteiger partial charge in [0.05, 0.1) is 34.8 Å². The van der Waals surface area contributed by atoms with Gasteiger partial charge in [0.25, 0.3) is 15.9 Å². The minimum Gasteiger partial charge on any atom is -0.474 e. The minimum atomic E-state index is -4.76. The molecule has 4 aliphatic heterocycles. The third kappa shape index (κ3) is 8.14. The van der Waals surface area contributed by atoms with Crippen molar-refractivity contribution in [2.75, 3.05) is 54.5 Å². The fraction of sp³-hybridized carbons (Fsp3) is 0.392. The van der Waals surface area contributed by atoms with E-state index in [9.17, 15) is 23.3 Å². The van der Waals surface area contributed by atoms with Crippen molar-refractivity contribution in [3.8, 4) is 11.8 Å². The lowest BCUT2D eigenvalue weighted by Crippen LogP contribution is -2.55. The van der Waals surface area contributed by atoms with Gasteiger partial charge in [0, 0.05) is 42.4 Å². The molecule has 1 saturated carbocycles. The fourth-order valence-corrected chi connectivity index (χ4v) is 12.3. The van der Waals surface area contributed by atoms with Crippen molar-refractivity contribution >= 4 is 55.4 Å². The Bertz CT molecular complexity index is 3020. The molecule has 11 rings (SSSR count). The Hall–Kier alpha value is -6.72. The Balaban J connectivity index is 0.845. The van der Waals surface area contributed by atoms with Crippen molar-refractivity contribution in [1.82, 2.24) is 24.6 Å². The number of benzene rings is 3. The van der Waals surface area contributed by atoms with Gasteiger partial charge in [-0.25, -0.2) is 4.72 Å². The average Bonchev–Trinajstić information content (AvgIpc) is 4.02. The molecule has 0 bridgehead atoms. The van der Waals surface area contributed by atoms with Gasteiger partial charge in [0.15, 0.2) is 10.7 Å². The van der Waals surface area contributed by atoms with Crippen LogP contribution in [-0.4, -0.2) is 90.6 Å². The van der Waals surface area contributed by atoms with Crippen LogP contribution >= 0.6 is 0 Å². The predicted molar refractivity (Wildman–Crippen MR) is 260 cm³/mol. The molecular formula is C51H55N9O7S. The van der Waals surface area contributed by atoms with Gasteiger partial charge in [0.1, 0.15) is 24.5 Å². The van der Waals surface area contributed by atoms with Gasteiger partial charge in [-0.2, -0.15) is 18.4 Å². The topological polar surface area (TPSA) is 188 Å². The van der Waals surface area contributed by atoms with Crippen LogP contribution in [-0.2, 0) is 16.4 Å². The lowest BCUT2D eigenvalue weighted by molar-refractivity contribution is -0.384. The lowest BCUT2D eigenvalue weighted by Gasteiger charge is -2.56. The first-order valence-corrected chi connectivity index (χ1v) is 25.2. The molecule has 68 heavy (non-hydrogen) atoms. The third-order valence-corrected chi connectivity index (χ3v) is 16.1. The van der Waals surface area contributed by atoms with E-state index in [0.717, 1.165) is 55.2 Å². The number of rotatable bonds is 11. The van der Waals surface area contributed by atoms with Gasteiger partial charge in [-0.15, -0.1) is 0 Å². The van der Waals surface area contributed by atoms with Gasteiger partial charge in [-0.05, 0) is 110 Å². The number of carbonyl (C=O) groups is 1. The molecule has 6 aromatic rings. The van der Waals surface area contributed by atoms with Gasteiger partial charge >= 0.3 is 5.69 Å². The maximum absolute atomic E-state index is 14.4. The molecule has 3 aromatic carbocycles. The van der Waals surface area contributed by atoms with E-state index in [1.807, 2.05) is 59.5 Å². The van der Waals surface area contributed by atoms with Crippen molar-refractivity contribution in [3.63, 3.8) is 0 Å². The molecule has 3 aromatic heterocycles. The van der Waals surface area contributed by atoms with Crippen molar-refractivity contribution in [2.45, 2.75) is 87.9 Å². The molecule has 0 radical (unpaired) electrons. The number of pyridine rings is 2. The van der Waals surface area contributed by atoms with Crippen LogP contribution < -0.4 is 29.3 Å². The Morgan fingerprint density at radius 1 is 0.926 bits per heavy atom. The van der Waals surface area contributed by atoms with Crippen LogP contribution in [0.25, 0.3) is 11.0 Å². The van der Waals surface area contributed by atoms with Crippen LogP contribution in [0.1, 0.15) is 91.4 Å². The van der Waals surface area contributed by atoms with Crippen LogP contribution in [0.5, 0.6) is 11.8 Å². The van der Waals surface area contributed by atoms with E-state index in [0.29, 0.717) is 59.3 Å². The first-order valence-electron chi connectivity index (χ1n) is 23.7. The zero-order valence-corrected chi connectivity index (χ0v) is 39.0. The van der Waals surface area contributed by atoms with Gasteiger partial charge in [0.2, 0.25) is 11.8 Å². The highest BCUT2D eigenvalue weighted by atomic mass is 32.2. The zero-order valence-electron chi connectivity index (χ0n) is 38.2. The molecule has 1 spiro atoms. The quantitative estimate of drug-likeness (QED) is 0.0828. The number of aromatic nitrogens is 3. The summed E-state index contributed by atoms with van der Waals surface area (Å²) in [7, 11) is -4.76. The molecule has 352 valence electrons. The molecule has 1 aliphatic carbocycles. The fourth-order valence-electron chi connectivity index (χ4n) is 11.4. The zero-order chi connectivity index (χ0) is 46.7. The number of anilines is 4. The first-order chi connectivity index (χ1) is 32.9. The monoisotopic (exact) mass is 937 g/mol. The molecule has 3 fully saturated rings. The molecule has 16 nitrogen and oxygen atoms in total. The second-order valence-electron chi connectivity index (χ2n) is 19.4. The number of amides is 1. The van der Waals surface area contributed by atoms with E-state index in [1.54, 1.807) is 12.3 Å². The Labute approximate surface area is 395 Å². The molecule has 5 aliphatic rings. The number of sulfonamides is 1. The molecular weight excluding hydrogens is 883 g/mol. The maximum atomic E-state index is 14.4. The number of hydrogen-bond acceptors (Lipinski definition) is 13. The van der Waals surface area contributed by atoms with E-state index in [4.69, 9.17) is 14.5 Å². The van der Waals surface area contributed by atoms with E-state index in [2.05, 4.69) is 67.9 Å². The molecule has 1 amide bonds. The summed E-state index contributed by atoms with van der Waals surface area (Å²) in [5.74, 6) is -0.283. The molecule has 2 atom stereocenters. The summed E-state index contributed by atoms with van der Waals surface area (Å²) in [6.07, 6.45) is 9.26. The summed E-state index contributed by atoms with van der Waals surface area (Å²) in [5, 5.41) is 15.7. The van der Waals surface area contributed by atoms with Crippen molar-refractivity contribution in [2.24, 2.45) is 5.41 Å². The van der Waals surface area contributed by atoms with Crippen LogP contribution in [0.2, 0.25) is 0 Å². The minimum absolute atomic E-state index is 0.0225. The number of carbonyl (C=O) groups excluding carboxylic acids is 1. The van der Waals surface area contributed by atoms with E-state index >= 15 is 0 Å². The third-order valence-electron chi connectivity index (χ3n) is 14.8. The van der Waals surface area contributed by atoms with Crippen LogP contribution in [0.4, 0.5) is 28.4 Å². The summed E-state index contributed by atoms with van der Waals surface area (Å²) in [6.45, 7) is 8.15. The standard InChI is InChI=1S/C51H55N9O7S/c1-32(2)38-11-6-7-12-39(38)41-13-8-20-58(41)37-29-51(30-37)17-21-57(22-18-51)36-14-15-40(42(27-36)59-23-24-66-49-44(59)26-34-16-19-52-47(34)55-49)48(61)56-68(64,65)45-28-43(60(62)63)46-50(54-45)67-31-35(53-46)25-33-9-4-3-5-10-33/h3-7,9-12,14-16,19,26-28,32,35,37,41,53H,8,13,17-18,20-25,29-31H2,1-2H3,(H,52,55)(H,56,61)/t35-,41-/m0/s1. The molecule has 2 saturated heterocycles. The van der Waals surface area contributed by atoms with Crippen molar-refractivity contribution < 1.29 is 27.6 Å². The summed E-state index contributed by atoms with van der Waals surface area (Å²) in [6, 6.07) is 29.5. The maximum Gasteiger partial charge on any atom is 0.300 e. The number of nitrogens with one attached hydrogen (secondary N) is 3. The number of fused-ring (bicyclic) bond motifs is 3. The molecule has 0 unspecified atom stereocenters. The Kier molecular flexibility index (Phi) is 11.2. The lowest BCUT2D eigenvalue weighted by atomic mass is 9.59. The number of piperidine rings is 1. The smallest absolute Gasteiger partial charge is 0.300 e. The van der Waals surface area contributed by atoms with E-state index < -0.39 is 31.6 Å². The summed E-state index contributed by atoms with van der Waals surface area (Å²) >= 11 is 0. The second kappa shape index (κ2) is 17.4. The molecule has 3 N–H and O–H groups in total. The van der Waals surface area contributed by atoms with Crippen molar-refractivity contribution in [1.29, 1.82) is 0 Å². The van der Waals surface area contributed by atoms with Gasteiger partial charge in [-0.3, -0.25) is 19.8 Å². The van der Waals surface area contributed by atoms with Crippen LogP contribution in [0.3, 0.4) is 0 Å². The van der Waals surface area contributed by atoms with Gasteiger partial charge in [-0.1, -0.05) is 68.4 Å². The van der Waals surface area contributed by atoms with Crippen molar-refractivity contribution in [3.05, 3.63) is 130 Å². The predicted octanol–water partition coefficient (Wildman–Crippen LogP) is 8.64. The number of H-pyrrole nitrogens is 1. The second-order valence-corrected chi connectivity index (χ2v) is 21.0. The highest BCUT2D eigenvalue weighted by Gasteiger charge is 2.50. The number of ether oxygens (including phenoxy) is 2. The SMILES string of the molecule is CC(C)c1ccccc1[C@@H]1CCCN1C1CC2(CCN(c3ccc(C(=O)NS(=O)(=O)c4cc([N+](=O)[O-])c5c(n4)OC[C@H](Cc4ccccc4)N5)c(N4CCOc5nc6[nH]ccc6cc54)c3)CC2)C1. The van der Waals surface area contributed by atoms with Crippen LogP contribution in [0, 0.1) is 15.5 Å². The number of nitro groups is 1. The molecule has 7 heterocycles. The van der Waals surface area contributed by atoms with Crippen LogP contribution in [0.15, 0.2) is 102 Å². The average molecular weight is 938 g/mol.